The Bertz CT molecular complexity index is 1740. The fraction of sp³-hybridized carbons (Fsp3) is 0.864. The zero-order valence-corrected chi connectivity index (χ0v) is 52.1. The van der Waals surface area contributed by atoms with E-state index < -0.39 is 124 Å². The molecule has 17 unspecified atom stereocenters. The summed E-state index contributed by atoms with van der Waals surface area (Å²) in [6, 6.07) is -0.993. The van der Waals surface area contributed by atoms with Crippen LogP contribution in [0, 0.1) is 0 Å². The minimum absolute atomic E-state index is 0.233. The van der Waals surface area contributed by atoms with Crippen molar-refractivity contribution < 1.29 is 89.4 Å². The zero-order chi connectivity index (χ0) is 61.9. The highest BCUT2D eigenvalue weighted by Crippen LogP contribution is 2.33. The Morgan fingerprint density at radius 2 is 0.800 bits per heavy atom. The van der Waals surface area contributed by atoms with E-state index in [1.807, 2.05) is 19.1 Å². The Morgan fingerprint density at radius 3 is 1.25 bits per heavy atom. The molecule has 3 rings (SSSR count). The summed E-state index contributed by atoms with van der Waals surface area (Å²) in [5.41, 5.74) is 0. The highest BCUT2D eigenvalue weighted by molar-refractivity contribution is 5.76. The number of unbranched alkanes of at least 4 members (excludes halogenated alkanes) is 29. The molecule has 0 saturated carbocycles. The second-order valence-electron chi connectivity index (χ2n) is 23.9. The van der Waals surface area contributed by atoms with E-state index in [9.17, 15) is 61.0 Å². The molecule has 0 aromatic heterocycles. The lowest BCUT2D eigenvalue weighted by atomic mass is 9.96. The van der Waals surface area contributed by atoms with Gasteiger partial charge in [-0.25, -0.2) is 0 Å². The lowest BCUT2D eigenvalue weighted by Crippen LogP contribution is -2.66. The fourth-order valence-electron chi connectivity index (χ4n) is 11.2. The van der Waals surface area contributed by atoms with Crippen molar-refractivity contribution in [3.8, 4) is 0 Å². The number of hydrogen-bond donors (Lipinski definition) is 12. The molecule has 19 heteroatoms. The molecule has 17 atom stereocenters. The van der Waals surface area contributed by atoms with E-state index in [1.54, 1.807) is 6.08 Å². The molecule has 85 heavy (non-hydrogen) atoms. The fourth-order valence-corrected chi connectivity index (χ4v) is 11.2. The maximum atomic E-state index is 13.3. The van der Waals surface area contributed by atoms with Gasteiger partial charge in [0.2, 0.25) is 5.91 Å². The number of allylic oxidation sites excluding steroid dienone is 7. The molecule has 3 saturated heterocycles. The minimum Gasteiger partial charge on any atom is -0.394 e. The summed E-state index contributed by atoms with van der Waals surface area (Å²) in [7, 11) is 0. The number of carbonyl (C=O) groups is 1. The minimum atomic E-state index is -1.98. The summed E-state index contributed by atoms with van der Waals surface area (Å²) < 4.78 is 34.2. The molecule has 1 amide bonds. The van der Waals surface area contributed by atoms with E-state index in [2.05, 4.69) is 42.6 Å². The molecule has 3 fully saturated rings. The van der Waals surface area contributed by atoms with Crippen LogP contribution in [-0.2, 0) is 33.2 Å². The normalized spacial score (nSPS) is 29.3. The molecule has 19 nitrogen and oxygen atoms in total. The van der Waals surface area contributed by atoms with Gasteiger partial charge in [0.1, 0.15) is 73.2 Å². The first-order chi connectivity index (χ1) is 41.3. The highest BCUT2D eigenvalue weighted by atomic mass is 16.8. The van der Waals surface area contributed by atoms with Crippen LogP contribution >= 0.6 is 0 Å². The van der Waals surface area contributed by atoms with Crippen molar-refractivity contribution >= 4 is 5.91 Å². The van der Waals surface area contributed by atoms with Gasteiger partial charge in [-0.05, 0) is 64.7 Å². The molecule has 12 N–H and O–H groups in total. The summed E-state index contributed by atoms with van der Waals surface area (Å²) >= 11 is 0. The maximum absolute atomic E-state index is 13.3. The van der Waals surface area contributed by atoms with Gasteiger partial charge in [0.25, 0.3) is 0 Å². The SMILES string of the molecule is C/C=C/CC/C=C/CC/C=C/C(O)C(COC1OC(CO)C(OC2OC(CO)C(OC3OC(CO)C(O)C(O)C3O)C(O)C2O)C(O)C1O)NC(=O)CCCCCCCCCCCCCCCCCCCCC/C=C\CCCCCCCCCC. The molecule has 0 aromatic rings. The van der Waals surface area contributed by atoms with Crippen LogP contribution in [0.4, 0.5) is 0 Å². The molecule has 3 aliphatic rings. The van der Waals surface area contributed by atoms with Crippen molar-refractivity contribution in [3.63, 3.8) is 0 Å². The predicted molar refractivity (Wildman–Crippen MR) is 328 cm³/mol. The summed E-state index contributed by atoms with van der Waals surface area (Å²) in [5.74, 6) is -0.291. The van der Waals surface area contributed by atoms with Crippen LogP contribution in [0.2, 0.25) is 0 Å². The number of rotatable bonds is 50. The van der Waals surface area contributed by atoms with Crippen molar-refractivity contribution in [1.82, 2.24) is 5.32 Å². The van der Waals surface area contributed by atoms with E-state index in [1.165, 1.54) is 161 Å². The molecular weight excluding hydrogens is 1090 g/mol. The van der Waals surface area contributed by atoms with Crippen LogP contribution in [0.3, 0.4) is 0 Å². The Morgan fingerprint density at radius 1 is 0.435 bits per heavy atom. The highest BCUT2D eigenvalue weighted by Gasteiger charge is 2.53. The molecule has 0 aliphatic carbocycles. The van der Waals surface area contributed by atoms with Gasteiger partial charge >= 0.3 is 0 Å². The topological polar surface area (TPSA) is 307 Å². The van der Waals surface area contributed by atoms with Gasteiger partial charge < -0.3 is 89.9 Å². The van der Waals surface area contributed by atoms with Crippen molar-refractivity contribution in [2.45, 2.75) is 336 Å². The number of carbonyl (C=O) groups excluding carboxylic acids is 1. The molecule has 496 valence electrons. The van der Waals surface area contributed by atoms with Gasteiger partial charge in [-0.15, -0.1) is 0 Å². The summed E-state index contributed by atoms with van der Waals surface area (Å²) in [6.07, 6.45) is 30.2. The second-order valence-corrected chi connectivity index (χ2v) is 23.9. The second kappa shape index (κ2) is 48.6. The summed E-state index contributed by atoms with van der Waals surface area (Å²) in [5, 5.41) is 120. The largest absolute Gasteiger partial charge is 0.394 e. The Balaban J connectivity index is 1.34. The van der Waals surface area contributed by atoms with Crippen LogP contribution in [-0.4, -0.2) is 193 Å². The molecule has 3 aliphatic heterocycles. The number of ether oxygens (including phenoxy) is 6. The van der Waals surface area contributed by atoms with Gasteiger partial charge in [0.05, 0.1) is 38.6 Å². The number of aliphatic hydroxyl groups excluding tert-OH is 11. The number of amides is 1. The van der Waals surface area contributed by atoms with E-state index in [0.717, 1.165) is 38.5 Å². The van der Waals surface area contributed by atoms with Gasteiger partial charge in [0.15, 0.2) is 18.9 Å². The van der Waals surface area contributed by atoms with Crippen molar-refractivity contribution in [2.24, 2.45) is 0 Å². The van der Waals surface area contributed by atoms with Crippen LogP contribution in [0.5, 0.6) is 0 Å². The lowest BCUT2D eigenvalue weighted by Gasteiger charge is -2.48. The summed E-state index contributed by atoms with van der Waals surface area (Å²) in [6.45, 7) is 1.46. The summed E-state index contributed by atoms with van der Waals surface area (Å²) in [4.78, 5) is 13.3. The molecular formula is C66H119NO18. The molecule has 0 bridgehead atoms. The zero-order valence-electron chi connectivity index (χ0n) is 52.1. The smallest absolute Gasteiger partial charge is 0.220 e. The first-order valence-corrected chi connectivity index (χ1v) is 33.4. The van der Waals surface area contributed by atoms with Crippen LogP contribution in [0.1, 0.15) is 232 Å². The first kappa shape index (κ1) is 77.0. The number of aliphatic hydroxyl groups is 11. The molecule has 0 radical (unpaired) electrons. The van der Waals surface area contributed by atoms with E-state index in [-0.39, 0.29) is 18.9 Å². The molecule has 0 spiro atoms. The van der Waals surface area contributed by atoms with E-state index in [4.69, 9.17) is 28.4 Å². The maximum Gasteiger partial charge on any atom is 0.220 e. The Hall–Kier alpha value is -2.25. The van der Waals surface area contributed by atoms with Gasteiger partial charge in [-0.3, -0.25) is 4.79 Å². The molecule has 0 aromatic carbocycles. The van der Waals surface area contributed by atoms with Gasteiger partial charge in [-0.1, -0.05) is 210 Å². The monoisotopic (exact) mass is 1210 g/mol. The van der Waals surface area contributed by atoms with Crippen molar-refractivity contribution in [1.29, 1.82) is 0 Å². The van der Waals surface area contributed by atoms with Crippen LogP contribution < -0.4 is 5.32 Å². The quantitative estimate of drug-likeness (QED) is 0.0204. The van der Waals surface area contributed by atoms with Gasteiger partial charge in [0, 0.05) is 6.42 Å². The van der Waals surface area contributed by atoms with Crippen LogP contribution in [0.15, 0.2) is 48.6 Å². The predicted octanol–water partition coefficient (Wildman–Crippen LogP) is 7.83. The Kier molecular flexibility index (Phi) is 44.0. The van der Waals surface area contributed by atoms with E-state index in [0.29, 0.717) is 12.8 Å². The van der Waals surface area contributed by atoms with Crippen molar-refractivity contribution in [3.05, 3.63) is 48.6 Å². The standard InChI is InChI=1S/C66H119NO18/c1-3-5-7-9-11-13-14-15-16-17-18-19-20-21-22-23-24-25-26-27-28-29-30-31-32-33-34-36-38-40-42-44-54(72)67-49(50(71)43-41-39-37-35-12-10-8-6-4-2)48-80-64-60(78)57(75)62(52(46-69)82-64)85-66-61(79)58(76)63(53(47-70)83-66)84-65-59(77)56(74)55(73)51(45-68)81-65/h4,6,12,17-18,35,41,43,49-53,55-66,68-71,73-79H,3,5,7-11,13-16,19-34,36-40,42,44-48H2,1-2H3,(H,67,72)/b6-4+,18-17-,35-12+,43-41+. The number of hydrogen-bond acceptors (Lipinski definition) is 18. The third kappa shape index (κ3) is 31.4. The average Bonchev–Trinajstić information content (AvgIpc) is 3.55. The van der Waals surface area contributed by atoms with Gasteiger partial charge in [-0.2, -0.15) is 0 Å². The first-order valence-electron chi connectivity index (χ1n) is 33.4. The van der Waals surface area contributed by atoms with E-state index >= 15 is 0 Å². The Labute approximate surface area is 510 Å². The third-order valence-corrected chi connectivity index (χ3v) is 16.7. The third-order valence-electron chi connectivity index (χ3n) is 16.7. The number of nitrogens with one attached hydrogen (secondary N) is 1. The lowest BCUT2D eigenvalue weighted by molar-refractivity contribution is -0.379. The van der Waals surface area contributed by atoms with Crippen molar-refractivity contribution in [2.75, 3.05) is 26.4 Å². The average molecular weight is 1210 g/mol. The molecule has 3 heterocycles. The van der Waals surface area contributed by atoms with Crippen LogP contribution in [0.25, 0.3) is 0 Å².